The summed E-state index contributed by atoms with van der Waals surface area (Å²) in [6.45, 7) is 1.79. The largest absolute Gasteiger partial charge is 0.478 e. The van der Waals surface area contributed by atoms with Gasteiger partial charge in [0, 0.05) is 7.05 Å². The third kappa shape index (κ3) is 2.35. The molecule has 0 spiro atoms. The Balaban J connectivity index is 2.30. The molecule has 0 saturated carbocycles. The van der Waals surface area contributed by atoms with E-state index in [1.54, 1.807) is 18.5 Å². The minimum atomic E-state index is -1.15. The number of nitrogens with zero attached hydrogens (tertiary/aromatic N) is 3. The van der Waals surface area contributed by atoms with Crippen LogP contribution >= 0.6 is 11.8 Å². The van der Waals surface area contributed by atoms with E-state index in [0.717, 1.165) is 23.7 Å². The summed E-state index contributed by atoms with van der Waals surface area (Å²) in [6, 6.07) is 3.78. The first-order valence-electron chi connectivity index (χ1n) is 5.05. The van der Waals surface area contributed by atoms with Gasteiger partial charge in [-0.2, -0.15) is 0 Å². The van der Waals surface area contributed by atoms with E-state index in [0.29, 0.717) is 10.1 Å². The van der Waals surface area contributed by atoms with Gasteiger partial charge in [0.2, 0.25) is 0 Å². The normalized spacial score (nSPS) is 10.6. The van der Waals surface area contributed by atoms with Gasteiger partial charge in [0.05, 0.1) is 10.5 Å². The molecule has 1 N–H and O–H groups in total. The lowest BCUT2D eigenvalue weighted by Gasteiger charge is -2.03. The van der Waals surface area contributed by atoms with E-state index in [1.807, 2.05) is 0 Å². The van der Waals surface area contributed by atoms with Crippen LogP contribution in [0.4, 0.5) is 4.39 Å². The number of carboxylic acids is 1. The molecule has 0 aliphatic heterocycles. The average molecular weight is 267 g/mol. The van der Waals surface area contributed by atoms with Gasteiger partial charge in [0.15, 0.2) is 5.16 Å². The lowest BCUT2D eigenvalue weighted by atomic mass is 10.2. The Morgan fingerprint density at radius 3 is 2.67 bits per heavy atom. The van der Waals surface area contributed by atoms with Crippen molar-refractivity contribution in [1.82, 2.24) is 14.8 Å². The molecule has 0 aliphatic rings. The summed E-state index contributed by atoms with van der Waals surface area (Å²) in [4.78, 5) is 11.0. The summed E-state index contributed by atoms with van der Waals surface area (Å²) in [5.41, 5.74) is -0.0778. The van der Waals surface area contributed by atoms with Crippen molar-refractivity contribution in [2.24, 2.45) is 7.05 Å². The van der Waals surface area contributed by atoms with Crippen molar-refractivity contribution in [2.75, 3.05) is 0 Å². The first-order valence-corrected chi connectivity index (χ1v) is 5.87. The minimum absolute atomic E-state index is 0.0778. The zero-order chi connectivity index (χ0) is 13.3. The summed E-state index contributed by atoms with van der Waals surface area (Å²) in [7, 11) is 1.78. The first kappa shape index (κ1) is 12.6. The fraction of sp³-hybridized carbons (Fsp3) is 0.182. The SMILES string of the molecule is Cc1nnc(Sc2ccc(C(=O)O)cc2F)n1C. The Hall–Kier alpha value is -1.89. The highest BCUT2D eigenvalue weighted by Gasteiger charge is 2.12. The summed E-state index contributed by atoms with van der Waals surface area (Å²) in [5, 5.41) is 17.1. The van der Waals surface area contributed by atoms with Crippen LogP contribution < -0.4 is 0 Å². The van der Waals surface area contributed by atoms with Gasteiger partial charge in [-0.15, -0.1) is 10.2 Å². The second-order valence-electron chi connectivity index (χ2n) is 3.64. The average Bonchev–Trinajstić information content (AvgIpc) is 2.63. The molecule has 18 heavy (non-hydrogen) atoms. The molecule has 0 amide bonds. The molecule has 0 bridgehead atoms. The smallest absolute Gasteiger partial charge is 0.335 e. The predicted octanol–water partition coefficient (Wildman–Crippen LogP) is 2.11. The molecule has 1 heterocycles. The zero-order valence-electron chi connectivity index (χ0n) is 9.72. The fourth-order valence-corrected chi connectivity index (χ4v) is 2.13. The third-order valence-electron chi connectivity index (χ3n) is 2.43. The molecule has 5 nitrogen and oxygen atoms in total. The van der Waals surface area contributed by atoms with Crippen LogP contribution in [0.3, 0.4) is 0 Å². The van der Waals surface area contributed by atoms with Crippen molar-refractivity contribution in [3.8, 4) is 0 Å². The maximum absolute atomic E-state index is 13.7. The van der Waals surface area contributed by atoms with Crippen LogP contribution in [-0.4, -0.2) is 25.8 Å². The first-order chi connectivity index (χ1) is 8.49. The van der Waals surface area contributed by atoms with Crippen LogP contribution in [0.5, 0.6) is 0 Å². The molecule has 0 aliphatic carbocycles. The van der Waals surface area contributed by atoms with Gasteiger partial charge in [-0.3, -0.25) is 0 Å². The Morgan fingerprint density at radius 1 is 1.44 bits per heavy atom. The van der Waals surface area contributed by atoms with Crippen molar-refractivity contribution in [2.45, 2.75) is 17.0 Å². The molecule has 2 aromatic rings. The predicted molar refractivity (Wildman–Crippen MR) is 63.2 cm³/mol. The number of hydrogen-bond acceptors (Lipinski definition) is 4. The monoisotopic (exact) mass is 267 g/mol. The highest BCUT2D eigenvalue weighted by atomic mass is 32.2. The number of halogens is 1. The van der Waals surface area contributed by atoms with E-state index < -0.39 is 11.8 Å². The summed E-state index contributed by atoms with van der Waals surface area (Å²) < 4.78 is 15.4. The molecule has 1 aromatic heterocycles. The van der Waals surface area contributed by atoms with Gasteiger partial charge in [0.25, 0.3) is 0 Å². The number of aromatic nitrogens is 3. The van der Waals surface area contributed by atoms with Gasteiger partial charge in [-0.25, -0.2) is 9.18 Å². The lowest BCUT2D eigenvalue weighted by molar-refractivity contribution is 0.0696. The molecule has 0 radical (unpaired) electrons. The van der Waals surface area contributed by atoms with E-state index >= 15 is 0 Å². The minimum Gasteiger partial charge on any atom is -0.478 e. The van der Waals surface area contributed by atoms with Crippen LogP contribution in [0.15, 0.2) is 28.3 Å². The van der Waals surface area contributed by atoms with Gasteiger partial charge < -0.3 is 9.67 Å². The van der Waals surface area contributed by atoms with E-state index in [1.165, 1.54) is 12.1 Å². The summed E-state index contributed by atoms with van der Waals surface area (Å²) in [6.07, 6.45) is 0. The molecular weight excluding hydrogens is 257 g/mol. The molecule has 0 fully saturated rings. The van der Waals surface area contributed by atoms with Crippen LogP contribution in [0.2, 0.25) is 0 Å². The fourth-order valence-electron chi connectivity index (χ4n) is 1.29. The van der Waals surface area contributed by atoms with E-state index in [9.17, 15) is 9.18 Å². The molecule has 0 unspecified atom stereocenters. The van der Waals surface area contributed by atoms with Crippen LogP contribution in [0.1, 0.15) is 16.2 Å². The maximum atomic E-state index is 13.7. The molecule has 2 rings (SSSR count). The Kier molecular flexibility index (Phi) is 3.33. The number of benzene rings is 1. The Bertz CT molecular complexity index is 612. The Labute approximate surface area is 107 Å². The molecule has 1 aromatic carbocycles. The second kappa shape index (κ2) is 4.77. The highest BCUT2D eigenvalue weighted by Crippen LogP contribution is 2.28. The van der Waals surface area contributed by atoms with Crippen LogP contribution in [-0.2, 0) is 7.05 Å². The van der Waals surface area contributed by atoms with Crippen molar-refractivity contribution in [3.05, 3.63) is 35.4 Å². The molecule has 0 saturated heterocycles. The van der Waals surface area contributed by atoms with Crippen molar-refractivity contribution in [1.29, 1.82) is 0 Å². The highest BCUT2D eigenvalue weighted by molar-refractivity contribution is 7.99. The molecule has 7 heteroatoms. The number of rotatable bonds is 3. The van der Waals surface area contributed by atoms with Crippen molar-refractivity contribution >= 4 is 17.7 Å². The Morgan fingerprint density at radius 2 is 2.17 bits per heavy atom. The van der Waals surface area contributed by atoms with Gasteiger partial charge in [0.1, 0.15) is 11.6 Å². The van der Waals surface area contributed by atoms with Gasteiger partial charge in [-0.05, 0) is 36.9 Å². The maximum Gasteiger partial charge on any atom is 0.335 e. The van der Waals surface area contributed by atoms with Crippen LogP contribution in [0.25, 0.3) is 0 Å². The molecule has 94 valence electrons. The van der Waals surface area contributed by atoms with Crippen molar-refractivity contribution in [3.63, 3.8) is 0 Å². The van der Waals surface area contributed by atoms with Gasteiger partial charge in [-0.1, -0.05) is 0 Å². The van der Waals surface area contributed by atoms with Gasteiger partial charge >= 0.3 is 5.97 Å². The summed E-state index contributed by atoms with van der Waals surface area (Å²) >= 11 is 1.10. The quantitative estimate of drug-likeness (QED) is 0.922. The number of hydrogen-bond donors (Lipinski definition) is 1. The summed E-state index contributed by atoms with van der Waals surface area (Å²) in [5.74, 6) is -1.01. The van der Waals surface area contributed by atoms with E-state index in [2.05, 4.69) is 10.2 Å². The second-order valence-corrected chi connectivity index (χ2v) is 4.65. The number of carbonyl (C=O) groups is 1. The van der Waals surface area contributed by atoms with E-state index in [4.69, 9.17) is 5.11 Å². The standard InChI is InChI=1S/C11H10FN3O2S/c1-6-13-14-11(15(6)2)18-9-4-3-7(10(16)17)5-8(9)12/h3-5H,1-2H3,(H,16,17). The van der Waals surface area contributed by atoms with Crippen molar-refractivity contribution < 1.29 is 14.3 Å². The zero-order valence-corrected chi connectivity index (χ0v) is 10.5. The van der Waals surface area contributed by atoms with Crippen LogP contribution in [0, 0.1) is 12.7 Å². The molecular formula is C11H10FN3O2S. The molecule has 0 atom stereocenters. The topological polar surface area (TPSA) is 68.0 Å². The number of carboxylic acid groups (broad SMARTS) is 1. The van der Waals surface area contributed by atoms with E-state index in [-0.39, 0.29) is 5.56 Å². The third-order valence-corrected chi connectivity index (χ3v) is 3.52. The lowest BCUT2D eigenvalue weighted by Crippen LogP contribution is -1.98. The number of aryl methyl sites for hydroxylation is 1. The number of aromatic carboxylic acids is 1.